The zero-order valence-corrected chi connectivity index (χ0v) is 17.6. The minimum atomic E-state index is -0.477. The number of rotatable bonds is 10. The number of hydrogen-bond acceptors (Lipinski definition) is 7. The van der Waals surface area contributed by atoms with Crippen LogP contribution in [-0.2, 0) is 16.2 Å². The minimum Gasteiger partial charge on any atom is -0.493 e. The van der Waals surface area contributed by atoms with Crippen molar-refractivity contribution in [3.05, 3.63) is 93.8 Å². The van der Waals surface area contributed by atoms with Gasteiger partial charge in [0, 0.05) is 23.4 Å². The first-order chi connectivity index (χ1) is 15.9. The molecule has 0 aliphatic rings. The highest BCUT2D eigenvalue weighted by Crippen LogP contribution is 2.27. The SMILES string of the molecule is COc1cc(/C=N\OCc2cccc([N+](=O)[O-])c2)ccc1OCC(=O)Nc1ccc(F)cc1. The number of amides is 1. The summed E-state index contributed by atoms with van der Waals surface area (Å²) < 4.78 is 23.7. The van der Waals surface area contributed by atoms with Gasteiger partial charge in [0.1, 0.15) is 12.4 Å². The molecule has 3 aromatic rings. The molecule has 10 heteroatoms. The molecule has 0 spiro atoms. The maximum Gasteiger partial charge on any atom is 0.269 e. The van der Waals surface area contributed by atoms with Gasteiger partial charge in [-0.3, -0.25) is 14.9 Å². The standard InChI is InChI=1S/C23H20FN3O6/c1-31-22-12-16(13-25-33-14-17-3-2-4-20(11-17)27(29)30)5-10-21(22)32-15-23(28)26-19-8-6-18(24)7-9-19/h2-13H,14-15H2,1H3,(H,26,28)/b25-13-. The number of carbonyl (C=O) groups is 1. The number of halogens is 1. The Kier molecular flexibility index (Phi) is 7.90. The van der Waals surface area contributed by atoms with Crippen LogP contribution in [0.4, 0.5) is 15.8 Å². The van der Waals surface area contributed by atoms with E-state index in [9.17, 15) is 19.3 Å². The maximum absolute atomic E-state index is 12.9. The number of ether oxygens (including phenoxy) is 2. The molecule has 0 aliphatic heterocycles. The lowest BCUT2D eigenvalue weighted by Gasteiger charge is -2.11. The number of oxime groups is 1. The predicted molar refractivity (Wildman–Crippen MR) is 119 cm³/mol. The molecule has 9 nitrogen and oxygen atoms in total. The molecule has 170 valence electrons. The van der Waals surface area contributed by atoms with Gasteiger partial charge in [-0.1, -0.05) is 17.3 Å². The van der Waals surface area contributed by atoms with Crippen molar-refractivity contribution >= 4 is 23.5 Å². The van der Waals surface area contributed by atoms with Gasteiger partial charge in [0.25, 0.3) is 11.6 Å². The summed E-state index contributed by atoms with van der Waals surface area (Å²) in [6, 6.07) is 16.4. The van der Waals surface area contributed by atoms with Crippen LogP contribution in [0.15, 0.2) is 71.9 Å². The summed E-state index contributed by atoms with van der Waals surface area (Å²) in [6.07, 6.45) is 1.45. The fraction of sp³-hybridized carbons (Fsp3) is 0.130. The summed E-state index contributed by atoms with van der Waals surface area (Å²) in [7, 11) is 1.46. The molecule has 0 saturated carbocycles. The van der Waals surface area contributed by atoms with Gasteiger partial charge in [-0.25, -0.2) is 4.39 Å². The first kappa shape index (κ1) is 23.2. The maximum atomic E-state index is 12.9. The van der Waals surface area contributed by atoms with Crippen molar-refractivity contribution in [2.75, 3.05) is 19.0 Å². The Labute approximate surface area is 188 Å². The first-order valence-corrected chi connectivity index (χ1v) is 9.69. The van der Waals surface area contributed by atoms with Gasteiger partial charge in [-0.15, -0.1) is 0 Å². The van der Waals surface area contributed by atoms with Gasteiger partial charge in [-0.2, -0.15) is 0 Å². The Hall–Kier alpha value is -4.47. The summed E-state index contributed by atoms with van der Waals surface area (Å²) in [4.78, 5) is 27.6. The van der Waals surface area contributed by atoms with Gasteiger partial charge in [0.05, 0.1) is 18.2 Å². The number of anilines is 1. The number of nitro groups is 1. The van der Waals surface area contributed by atoms with E-state index in [1.54, 1.807) is 30.3 Å². The predicted octanol–water partition coefficient (Wildman–Crippen LogP) is 4.31. The Balaban J connectivity index is 1.53. The summed E-state index contributed by atoms with van der Waals surface area (Å²) in [5.74, 6) is -0.0791. The van der Waals surface area contributed by atoms with E-state index < -0.39 is 16.6 Å². The molecule has 3 aromatic carbocycles. The average Bonchev–Trinajstić information content (AvgIpc) is 2.82. The fourth-order valence-corrected chi connectivity index (χ4v) is 2.73. The molecule has 0 radical (unpaired) electrons. The van der Waals surface area contributed by atoms with Crippen LogP contribution in [0.2, 0.25) is 0 Å². The number of nitro benzene ring substituents is 1. The van der Waals surface area contributed by atoms with E-state index in [1.807, 2.05) is 0 Å². The second-order valence-corrected chi connectivity index (χ2v) is 6.69. The lowest BCUT2D eigenvalue weighted by atomic mass is 10.2. The van der Waals surface area contributed by atoms with E-state index in [0.717, 1.165) is 0 Å². The van der Waals surface area contributed by atoms with Crippen molar-refractivity contribution in [2.45, 2.75) is 6.61 Å². The Bertz CT molecular complexity index is 1150. The highest BCUT2D eigenvalue weighted by Gasteiger charge is 2.09. The molecule has 0 unspecified atom stereocenters. The second kappa shape index (κ2) is 11.2. The molecule has 0 aliphatic carbocycles. The number of benzene rings is 3. The number of methoxy groups -OCH3 is 1. The van der Waals surface area contributed by atoms with Gasteiger partial charge >= 0.3 is 0 Å². The van der Waals surface area contributed by atoms with Crippen molar-refractivity contribution in [1.29, 1.82) is 0 Å². The monoisotopic (exact) mass is 453 g/mol. The van der Waals surface area contributed by atoms with Crippen molar-refractivity contribution in [3.63, 3.8) is 0 Å². The zero-order valence-electron chi connectivity index (χ0n) is 17.6. The molecule has 0 bridgehead atoms. The lowest BCUT2D eigenvalue weighted by Crippen LogP contribution is -2.20. The number of hydrogen-bond donors (Lipinski definition) is 1. The summed E-state index contributed by atoms with van der Waals surface area (Å²) in [5.41, 5.74) is 1.69. The molecule has 0 heterocycles. The second-order valence-electron chi connectivity index (χ2n) is 6.69. The Morgan fingerprint density at radius 3 is 2.64 bits per heavy atom. The third-order valence-corrected chi connectivity index (χ3v) is 4.30. The number of nitrogens with one attached hydrogen (secondary N) is 1. The molecule has 0 aromatic heterocycles. The van der Waals surface area contributed by atoms with Crippen LogP contribution in [0.1, 0.15) is 11.1 Å². The third-order valence-electron chi connectivity index (χ3n) is 4.30. The molecule has 1 amide bonds. The molecule has 0 atom stereocenters. The number of nitrogens with zero attached hydrogens (tertiary/aromatic N) is 2. The van der Waals surface area contributed by atoms with E-state index in [4.69, 9.17) is 14.3 Å². The Morgan fingerprint density at radius 2 is 1.91 bits per heavy atom. The number of non-ortho nitro benzene ring substituents is 1. The quantitative estimate of drug-likeness (QED) is 0.278. The van der Waals surface area contributed by atoms with Crippen molar-refractivity contribution < 1.29 is 28.4 Å². The van der Waals surface area contributed by atoms with Crippen molar-refractivity contribution in [3.8, 4) is 11.5 Å². The molecular formula is C23H20FN3O6. The highest BCUT2D eigenvalue weighted by molar-refractivity contribution is 5.91. The smallest absolute Gasteiger partial charge is 0.269 e. The van der Waals surface area contributed by atoms with Crippen LogP contribution in [0.25, 0.3) is 0 Å². The topological polar surface area (TPSA) is 112 Å². The van der Waals surface area contributed by atoms with Gasteiger partial charge in [0.2, 0.25) is 0 Å². The summed E-state index contributed by atoms with van der Waals surface area (Å²) >= 11 is 0. The van der Waals surface area contributed by atoms with Crippen LogP contribution in [0, 0.1) is 15.9 Å². The third kappa shape index (κ3) is 7.03. The van der Waals surface area contributed by atoms with Crippen LogP contribution >= 0.6 is 0 Å². The van der Waals surface area contributed by atoms with Crippen molar-refractivity contribution in [2.24, 2.45) is 5.16 Å². The number of carbonyl (C=O) groups excluding carboxylic acids is 1. The highest BCUT2D eigenvalue weighted by atomic mass is 19.1. The molecule has 33 heavy (non-hydrogen) atoms. The average molecular weight is 453 g/mol. The van der Waals surface area contributed by atoms with Crippen LogP contribution < -0.4 is 14.8 Å². The molecule has 0 fully saturated rings. The van der Waals surface area contributed by atoms with Gasteiger partial charge in [-0.05, 0) is 48.0 Å². The first-order valence-electron chi connectivity index (χ1n) is 9.69. The van der Waals surface area contributed by atoms with E-state index in [0.29, 0.717) is 28.3 Å². The molecule has 3 rings (SSSR count). The Morgan fingerprint density at radius 1 is 1.12 bits per heavy atom. The van der Waals surface area contributed by atoms with E-state index in [1.165, 1.54) is 49.7 Å². The molecular weight excluding hydrogens is 433 g/mol. The molecule has 0 saturated heterocycles. The van der Waals surface area contributed by atoms with E-state index in [-0.39, 0.29) is 18.9 Å². The fourth-order valence-electron chi connectivity index (χ4n) is 2.73. The molecule has 1 N–H and O–H groups in total. The zero-order chi connectivity index (χ0) is 23.6. The van der Waals surface area contributed by atoms with E-state index >= 15 is 0 Å². The van der Waals surface area contributed by atoms with Gasteiger partial charge in [0.15, 0.2) is 18.1 Å². The van der Waals surface area contributed by atoms with E-state index in [2.05, 4.69) is 10.5 Å². The summed E-state index contributed by atoms with van der Waals surface area (Å²) in [5, 5.41) is 17.3. The van der Waals surface area contributed by atoms with Crippen LogP contribution in [-0.4, -0.2) is 30.8 Å². The van der Waals surface area contributed by atoms with Crippen molar-refractivity contribution in [1.82, 2.24) is 0 Å². The largest absolute Gasteiger partial charge is 0.493 e. The normalized spacial score (nSPS) is 10.6. The summed E-state index contributed by atoms with van der Waals surface area (Å²) in [6.45, 7) is -0.201. The van der Waals surface area contributed by atoms with Crippen LogP contribution in [0.3, 0.4) is 0 Å². The lowest BCUT2D eigenvalue weighted by molar-refractivity contribution is -0.384. The van der Waals surface area contributed by atoms with Gasteiger partial charge < -0.3 is 19.6 Å². The van der Waals surface area contributed by atoms with Crippen LogP contribution in [0.5, 0.6) is 11.5 Å². The minimum absolute atomic E-state index is 0.0215.